The maximum Gasteiger partial charge on any atom is 0.451 e. The molecule has 4 N–H and O–H groups in total. The van der Waals surface area contributed by atoms with Gasteiger partial charge in [-0.05, 0) is 37.0 Å². The lowest BCUT2D eigenvalue weighted by molar-refractivity contribution is -0.144. The number of anilines is 2. The Morgan fingerprint density at radius 1 is 1.19 bits per heavy atom. The van der Waals surface area contributed by atoms with Crippen molar-refractivity contribution in [3.8, 4) is 0 Å². The van der Waals surface area contributed by atoms with Gasteiger partial charge in [-0.1, -0.05) is 6.42 Å². The topological polar surface area (TPSA) is 75.9 Å². The number of alkyl halides is 3. The highest BCUT2D eigenvalue weighted by Gasteiger charge is 2.39. The lowest BCUT2D eigenvalue weighted by Gasteiger charge is -2.22. The predicted octanol–water partition coefficient (Wildman–Crippen LogP) is 2.63. The summed E-state index contributed by atoms with van der Waals surface area (Å²) in [6.45, 7) is 0.652. The van der Waals surface area contributed by atoms with Gasteiger partial charge in [-0.25, -0.2) is 15.8 Å². The lowest BCUT2D eigenvalue weighted by Crippen LogP contribution is -2.22. The van der Waals surface area contributed by atoms with Crippen LogP contribution in [0.1, 0.15) is 31.5 Å². The molecule has 8 heteroatoms. The molecule has 21 heavy (non-hydrogen) atoms. The third-order valence-electron chi connectivity index (χ3n) is 4.56. The molecule has 2 aliphatic carbocycles. The molecule has 3 rings (SSSR count). The molecule has 0 amide bonds. The van der Waals surface area contributed by atoms with E-state index in [9.17, 15) is 13.2 Å². The van der Waals surface area contributed by atoms with Crippen LogP contribution in [0.2, 0.25) is 0 Å². The minimum atomic E-state index is -4.59. The summed E-state index contributed by atoms with van der Waals surface area (Å²) in [6, 6.07) is 1.39. The Kier molecular flexibility index (Phi) is 3.64. The fraction of sp³-hybridized carbons (Fsp3) is 0.692. The molecule has 2 bridgehead atoms. The molecule has 0 aliphatic heterocycles. The Bertz CT molecular complexity index is 519. The Labute approximate surface area is 120 Å². The summed E-state index contributed by atoms with van der Waals surface area (Å²) in [4.78, 5) is 6.86. The quantitative estimate of drug-likeness (QED) is 0.589. The van der Waals surface area contributed by atoms with Gasteiger partial charge in [0, 0.05) is 12.6 Å². The molecule has 2 fully saturated rings. The molecule has 0 saturated heterocycles. The number of fused-ring (bicyclic) bond motifs is 2. The molecule has 2 saturated carbocycles. The number of hydrogen-bond donors (Lipinski definition) is 3. The molecule has 1 aromatic rings. The summed E-state index contributed by atoms with van der Waals surface area (Å²) in [5.41, 5.74) is 2.14. The number of hydrogen-bond acceptors (Lipinski definition) is 5. The zero-order valence-electron chi connectivity index (χ0n) is 11.5. The fourth-order valence-corrected chi connectivity index (χ4v) is 3.60. The van der Waals surface area contributed by atoms with Gasteiger partial charge in [0.2, 0.25) is 5.82 Å². The van der Waals surface area contributed by atoms with E-state index in [-0.39, 0.29) is 11.6 Å². The van der Waals surface area contributed by atoms with Crippen LogP contribution in [-0.4, -0.2) is 16.5 Å². The van der Waals surface area contributed by atoms with Gasteiger partial charge in [0.05, 0.1) is 0 Å². The third-order valence-corrected chi connectivity index (χ3v) is 4.56. The van der Waals surface area contributed by atoms with Crippen molar-refractivity contribution in [3.05, 3.63) is 11.9 Å². The minimum Gasteiger partial charge on any atom is -0.370 e. The molecule has 5 nitrogen and oxygen atoms in total. The number of halogens is 3. The van der Waals surface area contributed by atoms with Crippen molar-refractivity contribution in [3.63, 3.8) is 0 Å². The molecule has 2 aliphatic rings. The van der Waals surface area contributed by atoms with Crippen LogP contribution in [0.25, 0.3) is 0 Å². The summed E-state index contributed by atoms with van der Waals surface area (Å²) >= 11 is 0. The number of nitrogens with two attached hydrogens (primary N) is 1. The van der Waals surface area contributed by atoms with Crippen molar-refractivity contribution in [2.75, 3.05) is 17.3 Å². The molecule has 3 atom stereocenters. The molecule has 0 aromatic carbocycles. The highest BCUT2D eigenvalue weighted by atomic mass is 19.4. The van der Waals surface area contributed by atoms with Gasteiger partial charge in [0.15, 0.2) is 0 Å². The molecular formula is C13H18F3N5. The standard InChI is InChI=1S/C13H18F3N5/c14-13(15,16)12-19-10(5-11(20-12)21-17)18-6-9-4-7-1-2-8(9)3-7/h5,7-9H,1-4,6,17H2,(H2,18,19,20,21). The van der Waals surface area contributed by atoms with E-state index in [1.807, 2.05) is 0 Å². The van der Waals surface area contributed by atoms with Crippen LogP contribution in [0, 0.1) is 17.8 Å². The average Bonchev–Trinajstić information content (AvgIpc) is 3.06. The number of nitrogens with zero attached hydrogens (tertiary/aromatic N) is 2. The third kappa shape index (κ3) is 3.04. The molecule has 3 unspecified atom stereocenters. The van der Waals surface area contributed by atoms with E-state index in [2.05, 4.69) is 20.7 Å². The number of nitrogen functional groups attached to an aromatic ring is 1. The van der Waals surface area contributed by atoms with Crippen LogP contribution in [-0.2, 0) is 6.18 Å². The molecule has 1 heterocycles. The van der Waals surface area contributed by atoms with Crippen molar-refractivity contribution in [1.82, 2.24) is 9.97 Å². The zero-order chi connectivity index (χ0) is 15.0. The van der Waals surface area contributed by atoms with Crippen molar-refractivity contribution in [2.45, 2.75) is 31.9 Å². The lowest BCUT2D eigenvalue weighted by atomic mass is 9.89. The van der Waals surface area contributed by atoms with Crippen LogP contribution < -0.4 is 16.6 Å². The van der Waals surface area contributed by atoms with Crippen LogP contribution in [0.15, 0.2) is 6.07 Å². The highest BCUT2D eigenvalue weighted by Crippen LogP contribution is 2.48. The van der Waals surface area contributed by atoms with Crippen LogP contribution in [0.5, 0.6) is 0 Å². The van der Waals surface area contributed by atoms with Crippen LogP contribution in [0.4, 0.5) is 24.8 Å². The summed E-state index contributed by atoms with van der Waals surface area (Å²) < 4.78 is 38.2. The van der Waals surface area contributed by atoms with Crippen molar-refractivity contribution < 1.29 is 13.2 Å². The minimum absolute atomic E-state index is 0.0484. The normalized spacial score (nSPS) is 27.9. The number of rotatable bonds is 4. The average molecular weight is 301 g/mol. The Morgan fingerprint density at radius 3 is 2.52 bits per heavy atom. The van der Waals surface area contributed by atoms with E-state index in [4.69, 9.17) is 5.84 Å². The number of hydrazine groups is 1. The second-order valence-electron chi connectivity index (χ2n) is 5.92. The van der Waals surface area contributed by atoms with Crippen LogP contribution >= 0.6 is 0 Å². The maximum atomic E-state index is 12.7. The fourth-order valence-electron chi connectivity index (χ4n) is 3.60. The van der Waals surface area contributed by atoms with Gasteiger partial charge in [0.1, 0.15) is 11.6 Å². The summed E-state index contributed by atoms with van der Waals surface area (Å²) in [5.74, 6) is 6.13. The smallest absolute Gasteiger partial charge is 0.370 e. The van der Waals surface area contributed by atoms with E-state index < -0.39 is 12.0 Å². The Hall–Kier alpha value is -1.57. The first kappa shape index (κ1) is 14.4. The SMILES string of the molecule is NNc1cc(NCC2CC3CCC2C3)nc(C(F)(F)F)n1. The second-order valence-corrected chi connectivity index (χ2v) is 5.92. The summed E-state index contributed by atoms with van der Waals surface area (Å²) in [7, 11) is 0. The van der Waals surface area contributed by atoms with Gasteiger partial charge in [-0.15, -0.1) is 0 Å². The van der Waals surface area contributed by atoms with Crippen molar-refractivity contribution in [2.24, 2.45) is 23.6 Å². The maximum absolute atomic E-state index is 12.7. The summed E-state index contributed by atoms with van der Waals surface area (Å²) in [6.07, 6.45) is 0.379. The van der Waals surface area contributed by atoms with Gasteiger partial charge in [-0.3, -0.25) is 0 Å². The monoisotopic (exact) mass is 301 g/mol. The van der Waals surface area contributed by atoms with E-state index in [0.717, 1.165) is 12.3 Å². The molecule has 116 valence electrons. The first-order valence-corrected chi connectivity index (χ1v) is 7.12. The predicted molar refractivity (Wildman–Crippen MR) is 72.3 cm³/mol. The van der Waals surface area contributed by atoms with Gasteiger partial charge in [0.25, 0.3) is 0 Å². The van der Waals surface area contributed by atoms with Gasteiger partial charge < -0.3 is 10.7 Å². The molecular weight excluding hydrogens is 283 g/mol. The molecule has 0 spiro atoms. The zero-order valence-corrected chi connectivity index (χ0v) is 11.5. The van der Waals surface area contributed by atoms with E-state index >= 15 is 0 Å². The van der Waals surface area contributed by atoms with E-state index in [1.54, 1.807) is 0 Å². The number of nitrogens with one attached hydrogen (secondary N) is 2. The largest absolute Gasteiger partial charge is 0.451 e. The molecule has 0 radical (unpaired) electrons. The van der Waals surface area contributed by atoms with Gasteiger partial charge >= 0.3 is 6.18 Å². The molecule has 1 aromatic heterocycles. The number of aromatic nitrogens is 2. The Balaban J connectivity index is 1.69. The van der Waals surface area contributed by atoms with Crippen LogP contribution in [0.3, 0.4) is 0 Å². The van der Waals surface area contributed by atoms with Gasteiger partial charge in [-0.2, -0.15) is 13.2 Å². The summed E-state index contributed by atoms with van der Waals surface area (Å²) in [5, 5.41) is 3.01. The second kappa shape index (κ2) is 5.32. The highest BCUT2D eigenvalue weighted by molar-refractivity contribution is 5.47. The first-order chi connectivity index (χ1) is 9.95. The van der Waals surface area contributed by atoms with E-state index in [1.165, 1.54) is 25.3 Å². The van der Waals surface area contributed by atoms with E-state index in [0.29, 0.717) is 18.4 Å². The van der Waals surface area contributed by atoms with Crippen molar-refractivity contribution >= 4 is 11.6 Å². The first-order valence-electron chi connectivity index (χ1n) is 7.12. The van der Waals surface area contributed by atoms with Crippen molar-refractivity contribution in [1.29, 1.82) is 0 Å². The Morgan fingerprint density at radius 2 is 1.95 bits per heavy atom.